The van der Waals surface area contributed by atoms with Gasteiger partial charge in [0, 0.05) is 49.1 Å². The summed E-state index contributed by atoms with van der Waals surface area (Å²) >= 11 is 13.6. The van der Waals surface area contributed by atoms with Crippen LogP contribution in [0.1, 0.15) is 15.9 Å². The van der Waals surface area contributed by atoms with E-state index in [0.29, 0.717) is 11.1 Å². The number of carbonyl (C=O) groups excluding carboxylic acids is 2. The molecule has 0 saturated carbocycles. The van der Waals surface area contributed by atoms with E-state index in [1.807, 2.05) is 23.6 Å². The number of halogens is 2. The van der Waals surface area contributed by atoms with Crippen molar-refractivity contribution in [3.63, 3.8) is 0 Å². The van der Waals surface area contributed by atoms with E-state index in [9.17, 15) is 14.7 Å². The fourth-order valence-corrected chi connectivity index (χ4v) is 5.43. The second kappa shape index (κ2) is 12.5. The average Bonchev–Trinajstić information content (AvgIpc) is 3.40. The molecule has 0 bridgehead atoms. The standard InChI is InChI=1S/C26H26Cl2N6O3S/c1-33-8-10-34(11-9-33)26-32-22(15-38-26)17-2-4-18(5-3-17)24(36)31-21(25(37)30-7-6-29)14-16-12-19(27)23(35)20(28)13-16/h2-5,12-13,15,21,35H,7-11,14H2,1H3,(H,30,37)(H,31,36)/t21-/m0/s1. The summed E-state index contributed by atoms with van der Waals surface area (Å²) in [5, 5.41) is 26.9. The summed E-state index contributed by atoms with van der Waals surface area (Å²) in [6, 6.07) is 10.8. The first-order valence-electron chi connectivity index (χ1n) is 11.9. The highest BCUT2D eigenvalue weighted by Crippen LogP contribution is 2.33. The van der Waals surface area contributed by atoms with Crippen molar-refractivity contribution < 1.29 is 14.7 Å². The number of benzene rings is 2. The third-order valence-electron chi connectivity index (χ3n) is 6.19. The molecule has 3 N–H and O–H groups in total. The lowest BCUT2D eigenvalue weighted by Gasteiger charge is -2.32. The van der Waals surface area contributed by atoms with Gasteiger partial charge in [-0.3, -0.25) is 9.59 Å². The number of piperazine rings is 1. The zero-order valence-electron chi connectivity index (χ0n) is 20.6. The molecule has 1 aliphatic heterocycles. The summed E-state index contributed by atoms with van der Waals surface area (Å²) in [7, 11) is 2.11. The lowest BCUT2D eigenvalue weighted by molar-refractivity contribution is -0.122. The summed E-state index contributed by atoms with van der Waals surface area (Å²) < 4.78 is 0. The number of anilines is 1. The molecule has 9 nitrogen and oxygen atoms in total. The first-order valence-corrected chi connectivity index (χ1v) is 13.5. The molecular formula is C26H26Cl2N6O3S. The zero-order chi connectivity index (χ0) is 27.2. The summed E-state index contributed by atoms with van der Waals surface area (Å²) in [4.78, 5) is 35.1. The van der Waals surface area contributed by atoms with E-state index < -0.39 is 17.9 Å². The third-order valence-corrected chi connectivity index (χ3v) is 7.67. The second-order valence-corrected chi connectivity index (χ2v) is 10.5. The predicted molar refractivity (Wildman–Crippen MR) is 149 cm³/mol. The lowest BCUT2D eigenvalue weighted by atomic mass is 10.0. The molecule has 1 aliphatic rings. The minimum absolute atomic E-state index is 0.0309. The SMILES string of the molecule is CN1CCN(c2nc(-c3ccc(C(=O)N[C@@H](Cc4cc(Cl)c(O)c(Cl)c4)C(=O)NCC#N)cc3)cs2)CC1. The molecule has 3 aromatic rings. The Balaban J connectivity index is 1.46. The molecule has 0 spiro atoms. The van der Waals surface area contributed by atoms with Crippen molar-refractivity contribution in [1.29, 1.82) is 5.26 Å². The van der Waals surface area contributed by atoms with Crippen LogP contribution in [0.25, 0.3) is 11.3 Å². The first-order chi connectivity index (χ1) is 18.2. The minimum Gasteiger partial charge on any atom is -0.505 e. The van der Waals surface area contributed by atoms with Crippen molar-refractivity contribution in [2.24, 2.45) is 0 Å². The second-order valence-electron chi connectivity index (χ2n) is 8.90. The van der Waals surface area contributed by atoms with Crippen LogP contribution < -0.4 is 15.5 Å². The van der Waals surface area contributed by atoms with Gasteiger partial charge < -0.3 is 25.5 Å². The number of rotatable bonds is 8. The Hall–Kier alpha value is -3.36. The van der Waals surface area contributed by atoms with Crippen molar-refractivity contribution in [3.8, 4) is 23.1 Å². The molecule has 1 atom stereocenters. The summed E-state index contributed by atoms with van der Waals surface area (Å²) in [6.45, 7) is 3.67. The van der Waals surface area contributed by atoms with Crippen LogP contribution in [0.15, 0.2) is 41.8 Å². The molecule has 38 heavy (non-hydrogen) atoms. The number of nitriles is 1. The highest BCUT2D eigenvalue weighted by Gasteiger charge is 2.23. The van der Waals surface area contributed by atoms with E-state index in [1.165, 1.54) is 12.1 Å². The monoisotopic (exact) mass is 572 g/mol. The smallest absolute Gasteiger partial charge is 0.251 e. The van der Waals surface area contributed by atoms with Crippen molar-refractivity contribution in [1.82, 2.24) is 20.5 Å². The van der Waals surface area contributed by atoms with Crippen LogP contribution in [-0.2, 0) is 11.2 Å². The van der Waals surface area contributed by atoms with Crippen LogP contribution in [0.5, 0.6) is 5.75 Å². The third kappa shape index (κ3) is 6.74. The maximum absolute atomic E-state index is 13.0. The maximum atomic E-state index is 13.0. The summed E-state index contributed by atoms with van der Waals surface area (Å²) in [5.41, 5.74) is 2.62. The van der Waals surface area contributed by atoms with Gasteiger partial charge in [0.25, 0.3) is 5.91 Å². The molecule has 2 heterocycles. The Morgan fingerprint density at radius 1 is 1.16 bits per heavy atom. The lowest BCUT2D eigenvalue weighted by Crippen LogP contribution is -2.48. The van der Waals surface area contributed by atoms with Crippen molar-refractivity contribution >= 4 is 51.5 Å². The van der Waals surface area contributed by atoms with Gasteiger partial charge in [0.05, 0.1) is 21.8 Å². The Bertz CT molecular complexity index is 1330. The topological polar surface area (TPSA) is 122 Å². The van der Waals surface area contributed by atoms with Crippen LogP contribution in [0.2, 0.25) is 10.0 Å². The van der Waals surface area contributed by atoms with Gasteiger partial charge in [0.1, 0.15) is 12.6 Å². The van der Waals surface area contributed by atoms with E-state index in [-0.39, 0.29) is 28.8 Å². The number of aromatic nitrogens is 1. The van der Waals surface area contributed by atoms with E-state index in [1.54, 1.807) is 23.5 Å². The largest absolute Gasteiger partial charge is 0.505 e. The fraction of sp³-hybridized carbons (Fsp3) is 0.308. The van der Waals surface area contributed by atoms with E-state index >= 15 is 0 Å². The maximum Gasteiger partial charge on any atom is 0.251 e. The Kier molecular flexibility index (Phi) is 9.07. The molecule has 12 heteroatoms. The number of amides is 2. The zero-order valence-corrected chi connectivity index (χ0v) is 22.9. The summed E-state index contributed by atoms with van der Waals surface area (Å²) in [5.74, 6) is -1.25. The molecule has 0 unspecified atom stereocenters. The molecule has 1 saturated heterocycles. The summed E-state index contributed by atoms with van der Waals surface area (Å²) in [6.07, 6.45) is 0.0503. The van der Waals surface area contributed by atoms with Gasteiger partial charge in [-0.2, -0.15) is 5.26 Å². The molecule has 2 amide bonds. The van der Waals surface area contributed by atoms with Gasteiger partial charge in [-0.1, -0.05) is 35.3 Å². The number of likely N-dealkylation sites (N-methyl/N-ethyl adjacent to an activating group) is 1. The molecule has 198 valence electrons. The quantitative estimate of drug-likeness (QED) is 0.353. The molecule has 1 fully saturated rings. The van der Waals surface area contributed by atoms with E-state index in [4.69, 9.17) is 33.4 Å². The number of hydrogen-bond acceptors (Lipinski definition) is 8. The molecule has 0 radical (unpaired) electrons. The average molecular weight is 574 g/mol. The molecular weight excluding hydrogens is 547 g/mol. The van der Waals surface area contributed by atoms with Crippen molar-refractivity contribution in [2.75, 3.05) is 44.7 Å². The van der Waals surface area contributed by atoms with Gasteiger partial charge in [0.15, 0.2) is 10.9 Å². The van der Waals surface area contributed by atoms with Gasteiger partial charge in [-0.25, -0.2) is 4.98 Å². The minimum atomic E-state index is -1.00. The Labute approximate surface area is 234 Å². The van der Waals surface area contributed by atoms with Crippen molar-refractivity contribution in [2.45, 2.75) is 12.5 Å². The number of thiazole rings is 1. The van der Waals surface area contributed by atoms with Crippen LogP contribution >= 0.6 is 34.5 Å². The molecule has 1 aromatic heterocycles. The van der Waals surface area contributed by atoms with Gasteiger partial charge >= 0.3 is 0 Å². The van der Waals surface area contributed by atoms with Crippen LogP contribution in [-0.4, -0.2) is 72.6 Å². The fourth-order valence-electron chi connectivity index (χ4n) is 4.00. The van der Waals surface area contributed by atoms with Gasteiger partial charge in [-0.15, -0.1) is 11.3 Å². The highest BCUT2D eigenvalue weighted by molar-refractivity contribution is 7.14. The normalized spacial score (nSPS) is 14.5. The van der Waals surface area contributed by atoms with Crippen LogP contribution in [0.4, 0.5) is 5.13 Å². The van der Waals surface area contributed by atoms with Crippen LogP contribution in [0.3, 0.4) is 0 Å². The number of nitrogens with one attached hydrogen (secondary N) is 2. The highest BCUT2D eigenvalue weighted by atomic mass is 35.5. The molecule has 4 rings (SSSR count). The van der Waals surface area contributed by atoms with Crippen molar-refractivity contribution in [3.05, 3.63) is 63.0 Å². The van der Waals surface area contributed by atoms with E-state index in [2.05, 4.69) is 27.5 Å². The number of phenolic OH excluding ortho intramolecular Hbond substituents is 1. The molecule has 0 aliphatic carbocycles. The van der Waals surface area contributed by atoms with Crippen LogP contribution in [0, 0.1) is 11.3 Å². The number of phenols is 1. The van der Waals surface area contributed by atoms with Gasteiger partial charge in [-0.05, 0) is 36.9 Å². The Morgan fingerprint density at radius 2 is 1.82 bits per heavy atom. The molecule has 2 aromatic carbocycles. The Morgan fingerprint density at radius 3 is 2.45 bits per heavy atom. The first kappa shape index (κ1) is 27.7. The number of carbonyl (C=O) groups is 2. The number of hydrogen-bond donors (Lipinski definition) is 3. The van der Waals surface area contributed by atoms with E-state index in [0.717, 1.165) is 42.6 Å². The number of nitrogens with zero attached hydrogens (tertiary/aromatic N) is 4. The predicted octanol–water partition coefficient (Wildman–Crippen LogP) is 3.56. The number of aromatic hydroxyl groups is 1. The van der Waals surface area contributed by atoms with Gasteiger partial charge in [0.2, 0.25) is 5.91 Å².